The SMILES string of the molecule is CCNC(CC)c1nnc(CC2CCCCO2)s1. The number of aromatic nitrogens is 2. The predicted octanol–water partition coefficient (Wildman–Crippen LogP) is 2.71. The molecular weight excluding hydrogens is 246 g/mol. The number of hydrogen-bond donors (Lipinski definition) is 1. The minimum absolute atomic E-state index is 0.355. The van der Waals surface area contributed by atoms with Crippen LogP contribution in [0.15, 0.2) is 0 Å². The molecule has 1 aliphatic heterocycles. The lowest BCUT2D eigenvalue weighted by molar-refractivity contribution is 0.0167. The maximum Gasteiger partial charge on any atom is 0.134 e. The number of ether oxygens (including phenoxy) is 1. The highest BCUT2D eigenvalue weighted by molar-refractivity contribution is 7.11. The van der Waals surface area contributed by atoms with Crippen molar-refractivity contribution in [1.82, 2.24) is 15.5 Å². The molecule has 0 radical (unpaired) electrons. The summed E-state index contributed by atoms with van der Waals surface area (Å²) in [6, 6.07) is 0.355. The summed E-state index contributed by atoms with van der Waals surface area (Å²) >= 11 is 1.73. The minimum Gasteiger partial charge on any atom is -0.378 e. The lowest BCUT2D eigenvalue weighted by atomic mass is 10.1. The third-order valence-electron chi connectivity index (χ3n) is 3.32. The van der Waals surface area contributed by atoms with Gasteiger partial charge >= 0.3 is 0 Å². The van der Waals surface area contributed by atoms with E-state index >= 15 is 0 Å². The zero-order valence-corrected chi connectivity index (χ0v) is 12.1. The third kappa shape index (κ3) is 3.73. The molecule has 1 fully saturated rings. The lowest BCUT2D eigenvalue weighted by Gasteiger charge is -2.21. The van der Waals surface area contributed by atoms with Crippen LogP contribution in [-0.2, 0) is 11.2 Å². The molecule has 0 aromatic carbocycles. The molecule has 0 aliphatic carbocycles. The van der Waals surface area contributed by atoms with E-state index in [0.717, 1.165) is 36.0 Å². The first-order valence-corrected chi connectivity index (χ1v) is 7.82. The number of nitrogens with zero attached hydrogens (tertiary/aromatic N) is 2. The molecule has 2 atom stereocenters. The number of rotatable bonds is 6. The summed E-state index contributed by atoms with van der Waals surface area (Å²) in [6.07, 6.45) is 6.00. The van der Waals surface area contributed by atoms with Crippen LogP contribution in [0, 0.1) is 0 Å². The Balaban J connectivity index is 1.92. The first-order chi connectivity index (χ1) is 8.83. The van der Waals surface area contributed by atoms with E-state index in [4.69, 9.17) is 4.74 Å². The topological polar surface area (TPSA) is 47.0 Å². The van der Waals surface area contributed by atoms with E-state index in [1.165, 1.54) is 19.3 Å². The van der Waals surface area contributed by atoms with Crippen molar-refractivity contribution in [3.05, 3.63) is 10.0 Å². The van der Waals surface area contributed by atoms with E-state index in [0.29, 0.717) is 12.1 Å². The van der Waals surface area contributed by atoms with Crippen molar-refractivity contribution in [2.75, 3.05) is 13.2 Å². The Kier molecular flexibility index (Phi) is 5.53. The summed E-state index contributed by atoms with van der Waals surface area (Å²) in [7, 11) is 0. The van der Waals surface area contributed by atoms with Gasteiger partial charge in [0.1, 0.15) is 10.0 Å². The molecule has 18 heavy (non-hydrogen) atoms. The van der Waals surface area contributed by atoms with Crippen LogP contribution in [0.4, 0.5) is 0 Å². The van der Waals surface area contributed by atoms with Gasteiger partial charge in [-0.3, -0.25) is 0 Å². The fourth-order valence-electron chi connectivity index (χ4n) is 2.31. The first kappa shape index (κ1) is 13.9. The minimum atomic E-state index is 0.355. The van der Waals surface area contributed by atoms with Crippen LogP contribution < -0.4 is 5.32 Å². The Morgan fingerprint density at radius 3 is 2.94 bits per heavy atom. The summed E-state index contributed by atoms with van der Waals surface area (Å²) in [5, 5.41) is 14.3. The van der Waals surface area contributed by atoms with Crippen LogP contribution in [0.1, 0.15) is 55.6 Å². The van der Waals surface area contributed by atoms with Gasteiger partial charge in [0.25, 0.3) is 0 Å². The van der Waals surface area contributed by atoms with Crippen molar-refractivity contribution < 1.29 is 4.74 Å². The normalized spacial score (nSPS) is 22.0. The molecule has 1 aliphatic rings. The molecular formula is C13H23N3OS. The van der Waals surface area contributed by atoms with Crippen LogP contribution in [0.25, 0.3) is 0 Å². The van der Waals surface area contributed by atoms with Crippen LogP contribution in [0.5, 0.6) is 0 Å². The fourth-order valence-corrected chi connectivity index (χ4v) is 3.37. The number of nitrogens with one attached hydrogen (secondary N) is 1. The van der Waals surface area contributed by atoms with E-state index in [-0.39, 0.29) is 0 Å². The molecule has 2 heterocycles. The Morgan fingerprint density at radius 2 is 2.28 bits per heavy atom. The van der Waals surface area contributed by atoms with Crippen LogP contribution in [0.3, 0.4) is 0 Å². The lowest BCUT2D eigenvalue weighted by Crippen LogP contribution is -2.21. The van der Waals surface area contributed by atoms with E-state index in [2.05, 4.69) is 29.4 Å². The van der Waals surface area contributed by atoms with Crippen molar-refractivity contribution in [1.29, 1.82) is 0 Å². The summed E-state index contributed by atoms with van der Waals surface area (Å²) in [5.74, 6) is 0. The fraction of sp³-hybridized carbons (Fsp3) is 0.846. The molecule has 1 saturated heterocycles. The smallest absolute Gasteiger partial charge is 0.134 e. The van der Waals surface area contributed by atoms with Crippen molar-refractivity contribution >= 4 is 11.3 Å². The molecule has 1 N–H and O–H groups in total. The average molecular weight is 269 g/mol. The van der Waals surface area contributed by atoms with E-state index in [1.807, 2.05) is 0 Å². The second kappa shape index (κ2) is 7.16. The summed E-state index contributed by atoms with van der Waals surface area (Å²) in [6.45, 7) is 6.18. The molecule has 2 rings (SSSR count). The highest BCUT2D eigenvalue weighted by Crippen LogP contribution is 2.24. The largest absolute Gasteiger partial charge is 0.378 e. The second-order valence-electron chi connectivity index (χ2n) is 4.75. The number of hydrogen-bond acceptors (Lipinski definition) is 5. The predicted molar refractivity (Wildman–Crippen MR) is 73.9 cm³/mol. The Morgan fingerprint density at radius 1 is 1.39 bits per heavy atom. The molecule has 1 aromatic rings. The van der Waals surface area contributed by atoms with Crippen LogP contribution in [-0.4, -0.2) is 29.5 Å². The molecule has 2 unspecified atom stereocenters. The van der Waals surface area contributed by atoms with E-state index in [1.54, 1.807) is 11.3 Å². The Labute approximate surface area is 113 Å². The molecule has 5 heteroatoms. The van der Waals surface area contributed by atoms with Crippen molar-refractivity contribution in [2.45, 2.75) is 58.1 Å². The Hall–Kier alpha value is -0.520. The van der Waals surface area contributed by atoms with Gasteiger partial charge in [-0.15, -0.1) is 10.2 Å². The first-order valence-electron chi connectivity index (χ1n) is 7.00. The van der Waals surface area contributed by atoms with Crippen molar-refractivity contribution in [3.63, 3.8) is 0 Å². The van der Waals surface area contributed by atoms with Gasteiger partial charge in [0.05, 0.1) is 12.1 Å². The molecule has 0 saturated carbocycles. The quantitative estimate of drug-likeness (QED) is 0.862. The van der Waals surface area contributed by atoms with Crippen LogP contribution >= 0.6 is 11.3 Å². The highest BCUT2D eigenvalue weighted by Gasteiger charge is 2.19. The highest BCUT2D eigenvalue weighted by atomic mass is 32.1. The van der Waals surface area contributed by atoms with Gasteiger partial charge in [-0.2, -0.15) is 0 Å². The maximum atomic E-state index is 5.75. The maximum absolute atomic E-state index is 5.75. The zero-order chi connectivity index (χ0) is 12.8. The Bertz CT molecular complexity index is 350. The molecule has 0 spiro atoms. The van der Waals surface area contributed by atoms with Gasteiger partial charge in [-0.1, -0.05) is 25.2 Å². The van der Waals surface area contributed by atoms with Gasteiger partial charge in [0, 0.05) is 13.0 Å². The summed E-state index contributed by atoms with van der Waals surface area (Å²) in [4.78, 5) is 0. The summed E-state index contributed by atoms with van der Waals surface area (Å²) < 4.78 is 5.75. The molecule has 1 aromatic heterocycles. The van der Waals surface area contributed by atoms with E-state index < -0.39 is 0 Å². The van der Waals surface area contributed by atoms with Crippen molar-refractivity contribution in [3.8, 4) is 0 Å². The molecule has 4 nitrogen and oxygen atoms in total. The monoisotopic (exact) mass is 269 g/mol. The van der Waals surface area contributed by atoms with Gasteiger partial charge in [-0.25, -0.2) is 0 Å². The molecule has 0 bridgehead atoms. The van der Waals surface area contributed by atoms with Gasteiger partial charge in [0.15, 0.2) is 0 Å². The summed E-state index contributed by atoms with van der Waals surface area (Å²) in [5.41, 5.74) is 0. The second-order valence-corrected chi connectivity index (χ2v) is 5.84. The van der Waals surface area contributed by atoms with Gasteiger partial charge in [-0.05, 0) is 32.2 Å². The third-order valence-corrected chi connectivity index (χ3v) is 4.37. The standard InChI is InChI=1S/C13H23N3OS/c1-3-11(14-4-2)13-16-15-12(18-13)9-10-7-5-6-8-17-10/h10-11,14H,3-9H2,1-2H3. The van der Waals surface area contributed by atoms with Gasteiger partial charge < -0.3 is 10.1 Å². The van der Waals surface area contributed by atoms with Crippen LogP contribution in [0.2, 0.25) is 0 Å². The zero-order valence-electron chi connectivity index (χ0n) is 11.3. The van der Waals surface area contributed by atoms with Crippen molar-refractivity contribution in [2.24, 2.45) is 0 Å². The molecule has 0 amide bonds. The van der Waals surface area contributed by atoms with E-state index in [9.17, 15) is 0 Å². The molecule has 102 valence electrons. The van der Waals surface area contributed by atoms with Gasteiger partial charge in [0.2, 0.25) is 0 Å². The average Bonchev–Trinajstić information content (AvgIpc) is 2.85.